The van der Waals surface area contributed by atoms with Gasteiger partial charge in [0, 0.05) is 19.5 Å². The minimum absolute atomic E-state index is 0.0201. The standard InChI is InChI=1S/C11H18ClN5O2/c1-7(2)6-14-8(18)4-5-13-10-15-9(12)16-11(17-10)19-3/h7H,4-6H2,1-3H3,(H,14,18)(H,13,15,16,17). The lowest BCUT2D eigenvalue weighted by Crippen LogP contribution is -2.28. The van der Waals surface area contributed by atoms with Gasteiger partial charge in [0.25, 0.3) is 0 Å². The van der Waals surface area contributed by atoms with Gasteiger partial charge in [0.2, 0.25) is 17.1 Å². The molecule has 1 aromatic heterocycles. The SMILES string of the molecule is COc1nc(Cl)nc(NCCC(=O)NCC(C)C)n1. The number of ether oxygens (including phenoxy) is 1. The zero-order valence-corrected chi connectivity index (χ0v) is 12.0. The van der Waals surface area contributed by atoms with Crippen molar-refractivity contribution < 1.29 is 9.53 Å². The van der Waals surface area contributed by atoms with Crippen molar-refractivity contribution in [3.05, 3.63) is 5.28 Å². The topological polar surface area (TPSA) is 89.0 Å². The average Bonchev–Trinajstić information content (AvgIpc) is 2.35. The predicted octanol–water partition coefficient (Wildman–Crippen LogP) is 1.11. The minimum Gasteiger partial charge on any atom is -0.467 e. The van der Waals surface area contributed by atoms with Crippen LogP contribution in [0, 0.1) is 5.92 Å². The van der Waals surface area contributed by atoms with Gasteiger partial charge in [-0.3, -0.25) is 4.79 Å². The van der Waals surface area contributed by atoms with E-state index in [0.717, 1.165) is 0 Å². The number of amides is 1. The number of methoxy groups -OCH3 is 1. The summed E-state index contributed by atoms with van der Waals surface area (Å²) in [5, 5.41) is 5.75. The van der Waals surface area contributed by atoms with Crippen molar-refractivity contribution in [2.24, 2.45) is 5.92 Å². The molecule has 1 heterocycles. The van der Waals surface area contributed by atoms with Crippen LogP contribution in [0.2, 0.25) is 5.28 Å². The molecule has 0 unspecified atom stereocenters. The third kappa shape index (κ3) is 6.19. The van der Waals surface area contributed by atoms with Gasteiger partial charge in [-0.05, 0) is 17.5 Å². The minimum atomic E-state index is -0.0201. The number of hydrogen-bond acceptors (Lipinski definition) is 6. The van der Waals surface area contributed by atoms with E-state index in [2.05, 4.69) is 25.6 Å². The molecule has 7 nitrogen and oxygen atoms in total. The van der Waals surface area contributed by atoms with E-state index in [1.807, 2.05) is 13.8 Å². The number of nitrogens with one attached hydrogen (secondary N) is 2. The van der Waals surface area contributed by atoms with E-state index < -0.39 is 0 Å². The highest BCUT2D eigenvalue weighted by Gasteiger charge is 2.06. The highest BCUT2D eigenvalue weighted by atomic mass is 35.5. The summed E-state index contributed by atoms with van der Waals surface area (Å²) in [7, 11) is 1.44. The van der Waals surface area contributed by atoms with Gasteiger partial charge in [0.05, 0.1) is 7.11 Å². The maximum absolute atomic E-state index is 11.5. The van der Waals surface area contributed by atoms with Crippen molar-refractivity contribution in [3.8, 4) is 6.01 Å². The summed E-state index contributed by atoms with van der Waals surface area (Å²) in [5.74, 6) is 0.699. The molecular weight excluding hydrogens is 270 g/mol. The fourth-order valence-electron chi connectivity index (χ4n) is 1.20. The highest BCUT2D eigenvalue weighted by Crippen LogP contribution is 2.10. The van der Waals surface area contributed by atoms with Crippen LogP contribution in [0.15, 0.2) is 0 Å². The molecule has 0 atom stereocenters. The third-order valence-electron chi connectivity index (χ3n) is 2.11. The Hall–Kier alpha value is -1.63. The van der Waals surface area contributed by atoms with Crippen LogP contribution in [0.3, 0.4) is 0 Å². The van der Waals surface area contributed by atoms with Gasteiger partial charge in [-0.15, -0.1) is 0 Å². The maximum Gasteiger partial charge on any atom is 0.322 e. The normalized spacial score (nSPS) is 10.4. The lowest BCUT2D eigenvalue weighted by Gasteiger charge is -2.08. The maximum atomic E-state index is 11.5. The van der Waals surface area contributed by atoms with Gasteiger partial charge in [-0.1, -0.05) is 13.8 Å². The molecule has 1 aromatic rings. The molecule has 0 saturated heterocycles. The molecule has 1 amide bonds. The van der Waals surface area contributed by atoms with Crippen LogP contribution in [-0.2, 0) is 4.79 Å². The Labute approximate surface area is 117 Å². The number of hydrogen-bond donors (Lipinski definition) is 2. The molecule has 19 heavy (non-hydrogen) atoms. The van der Waals surface area contributed by atoms with Crippen molar-refractivity contribution in [2.75, 3.05) is 25.5 Å². The highest BCUT2D eigenvalue weighted by molar-refractivity contribution is 6.28. The molecule has 2 N–H and O–H groups in total. The first-order chi connectivity index (χ1) is 9.01. The van der Waals surface area contributed by atoms with Crippen LogP contribution in [0.1, 0.15) is 20.3 Å². The van der Waals surface area contributed by atoms with Crippen molar-refractivity contribution in [2.45, 2.75) is 20.3 Å². The molecule has 0 aliphatic heterocycles. The second-order valence-corrected chi connectivity index (χ2v) is 4.63. The molecular formula is C11H18ClN5O2. The van der Waals surface area contributed by atoms with E-state index in [1.165, 1.54) is 7.11 Å². The zero-order valence-electron chi connectivity index (χ0n) is 11.2. The van der Waals surface area contributed by atoms with Crippen molar-refractivity contribution >= 4 is 23.5 Å². The summed E-state index contributed by atoms with van der Waals surface area (Å²) in [6.45, 7) is 5.16. The van der Waals surface area contributed by atoms with E-state index >= 15 is 0 Å². The van der Waals surface area contributed by atoms with Crippen LogP contribution < -0.4 is 15.4 Å². The van der Waals surface area contributed by atoms with Gasteiger partial charge in [-0.25, -0.2) is 0 Å². The number of carbonyl (C=O) groups is 1. The molecule has 0 saturated carbocycles. The van der Waals surface area contributed by atoms with Gasteiger partial charge in [-0.2, -0.15) is 15.0 Å². The average molecular weight is 288 g/mol. The lowest BCUT2D eigenvalue weighted by atomic mass is 10.2. The molecule has 1 rings (SSSR count). The number of carbonyl (C=O) groups excluding carboxylic acids is 1. The van der Waals surface area contributed by atoms with E-state index in [4.69, 9.17) is 16.3 Å². The molecule has 0 radical (unpaired) electrons. The molecule has 0 bridgehead atoms. The Bertz CT molecular complexity index is 428. The van der Waals surface area contributed by atoms with Gasteiger partial charge >= 0.3 is 6.01 Å². The van der Waals surface area contributed by atoms with Crippen LogP contribution in [-0.4, -0.2) is 41.1 Å². The van der Waals surface area contributed by atoms with E-state index in [9.17, 15) is 4.79 Å². The molecule has 106 valence electrons. The van der Waals surface area contributed by atoms with Crippen LogP contribution >= 0.6 is 11.6 Å². The summed E-state index contributed by atoms with van der Waals surface area (Å²) < 4.78 is 4.86. The van der Waals surface area contributed by atoms with Crippen molar-refractivity contribution in [1.29, 1.82) is 0 Å². The van der Waals surface area contributed by atoms with Crippen LogP contribution in [0.25, 0.3) is 0 Å². The first kappa shape index (κ1) is 15.4. The molecule has 0 aliphatic carbocycles. The largest absolute Gasteiger partial charge is 0.467 e. The van der Waals surface area contributed by atoms with Crippen LogP contribution in [0.4, 0.5) is 5.95 Å². The number of anilines is 1. The summed E-state index contributed by atoms with van der Waals surface area (Å²) in [5.41, 5.74) is 0. The Balaban J connectivity index is 2.36. The van der Waals surface area contributed by atoms with Crippen LogP contribution in [0.5, 0.6) is 6.01 Å². The summed E-state index contributed by atoms with van der Waals surface area (Å²) in [6.07, 6.45) is 0.332. The fourth-order valence-corrected chi connectivity index (χ4v) is 1.35. The first-order valence-electron chi connectivity index (χ1n) is 5.97. The molecule has 0 fully saturated rings. The monoisotopic (exact) mass is 287 g/mol. The van der Waals surface area contributed by atoms with Gasteiger partial charge in [0.1, 0.15) is 0 Å². The Morgan fingerprint density at radius 1 is 1.37 bits per heavy atom. The second-order valence-electron chi connectivity index (χ2n) is 4.29. The Morgan fingerprint density at radius 2 is 2.11 bits per heavy atom. The number of aromatic nitrogens is 3. The third-order valence-corrected chi connectivity index (χ3v) is 2.28. The Kier molecular flexibility index (Phi) is 6.27. The summed E-state index contributed by atoms with van der Waals surface area (Å²) >= 11 is 5.69. The second kappa shape index (κ2) is 7.73. The van der Waals surface area contributed by atoms with Crippen molar-refractivity contribution in [1.82, 2.24) is 20.3 Å². The number of nitrogens with zero attached hydrogens (tertiary/aromatic N) is 3. The van der Waals surface area contributed by atoms with Gasteiger partial charge < -0.3 is 15.4 Å². The van der Waals surface area contributed by atoms with E-state index in [0.29, 0.717) is 25.4 Å². The first-order valence-corrected chi connectivity index (χ1v) is 6.35. The zero-order chi connectivity index (χ0) is 14.3. The summed E-state index contributed by atoms with van der Waals surface area (Å²) in [6, 6.07) is 0.131. The fraction of sp³-hybridized carbons (Fsp3) is 0.636. The van der Waals surface area contributed by atoms with E-state index in [-0.39, 0.29) is 23.1 Å². The quantitative estimate of drug-likeness (QED) is 0.781. The van der Waals surface area contributed by atoms with Crippen molar-refractivity contribution in [3.63, 3.8) is 0 Å². The smallest absolute Gasteiger partial charge is 0.322 e. The number of halogens is 1. The predicted molar refractivity (Wildman–Crippen MR) is 72.3 cm³/mol. The molecule has 0 aromatic carbocycles. The molecule has 0 spiro atoms. The molecule has 8 heteroatoms. The summed E-state index contributed by atoms with van der Waals surface area (Å²) in [4.78, 5) is 23.0. The van der Waals surface area contributed by atoms with Gasteiger partial charge in [0.15, 0.2) is 0 Å². The van der Waals surface area contributed by atoms with E-state index in [1.54, 1.807) is 0 Å². The molecule has 0 aliphatic rings. The lowest BCUT2D eigenvalue weighted by molar-refractivity contribution is -0.120. The number of rotatable bonds is 7. The Morgan fingerprint density at radius 3 is 2.74 bits per heavy atom.